The maximum absolute atomic E-state index is 10.4. The number of rotatable bonds is 3. The molecule has 1 aromatic rings. The molecule has 1 rings (SSSR count). The monoisotopic (exact) mass is 206 g/mol. The summed E-state index contributed by atoms with van der Waals surface area (Å²) in [6, 6.07) is 8.88. The predicted molar refractivity (Wildman–Crippen MR) is 51.3 cm³/mol. The normalized spacial score (nSPS) is 11.2. The Morgan fingerprint density at radius 2 is 1.92 bits per heavy atom. The van der Waals surface area contributed by atoms with Gasteiger partial charge in [0.15, 0.2) is 6.10 Å². The number of hydrogen-bond acceptors (Lipinski definition) is 2. The molecule has 0 aliphatic rings. The predicted octanol–water partition coefficient (Wildman–Crippen LogP) is 0.890. The Kier molecular flexibility index (Phi) is 6.62. The first-order chi connectivity index (χ1) is 5.70. The van der Waals surface area contributed by atoms with Gasteiger partial charge < -0.3 is 9.84 Å². The van der Waals surface area contributed by atoms with Crippen molar-refractivity contribution in [2.24, 2.45) is 0 Å². The summed E-state index contributed by atoms with van der Waals surface area (Å²) in [7, 11) is 0. The quantitative estimate of drug-likeness (QED) is 0.747. The summed E-state index contributed by atoms with van der Waals surface area (Å²) in [4.78, 5) is 10.4. The number of carbonyl (C=O) groups is 1. The minimum atomic E-state index is -0.959. The number of hydrogen-bond donors (Lipinski definition) is 1. The molecular formula is C9H11KO3. The molecule has 0 radical (unpaired) electrons. The van der Waals surface area contributed by atoms with Gasteiger partial charge in [-0.1, -0.05) is 18.2 Å². The van der Waals surface area contributed by atoms with Gasteiger partial charge in [-0.2, -0.15) is 0 Å². The molecule has 3 nitrogen and oxygen atoms in total. The molecule has 0 amide bonds. The Morgan fingerprint density at radius 1 is 1.38 bits per heavy atom. The van der Waals surface area contributed by atoms with Gasteiger partial charge in [0.05, 0.1) is 0 Å². The Bertz CT molecular complexity index is 261. The third-order valence-corrected chi connectivity index (χ3v) is 1.40. The summed E-state index contributed by atoms with van der Waals surface area (Å²) >= 11 is 0. The van der Waals surface area contributed by atoms with Crippen molar-refractivity contribution >= 4 is 57.4 Å². The molecule has 0 fully saturated rings. The van der Waals surface area contributed by atoms with Crippen molar-refractivity contribution in [3.63, 3.8) is 0 Å². The number of ether oxygens (including phenoxy) is 1. The molecule has 0 aliphatic carbocycles. The van der Waals surface area contributed by atoms with Crippen LogP contribution in [0.5, 0.6) is 5.75 Å². The van der Waals surface area contributed by atoms with E-state index in [0.29, 0.717) is 5.75 Å². The first kappa shape index (κ1) is 13.1. The summed E-state index contributed by atoms with van der Waals surface area (Å²) in [5.41, 5.74) is 0. The van der Waals surface area contributed by atoms with Crippen LogP contribution >= 0.6 is 0 Å². The van der Waals surface area contributed by atoms with Crippen LogP contribution in [0.1, 0.15) is 6.92 Å². The molecule has 1 atom stereocenters. The van der Waals surface area contributed by atoms with Gasteiger partial charge in [0.1, 0.15) is 5.75 Å². The van der Waals surface area contributed by atoms with Gasteiger partial charge in [-0.25, -0.2) is 4.79 Å². The van der Waals surface area contributed by atoms with Gasteiger partial charge >= 0.3 is 57.4 Å². The SMILES string of the molecule is CC(Oc1ccccc1)C(=O)O.[KH]. The summed E-state index contributed by atoms with van der Waals surface area (Å²) in [6.45, 7) is 1.50. The fraction of sp³-hybridized carbons (Fsp3) is 0.222. The van der Waals surface area contributed by atoms with E-state index >= 15 is 0 Å². The zero-order valence-electron chi connectivity index (χ0n) is 6.73. The molecule has 0 aliphatic heterocycles. The van der Waals surface area contributed by atoms with E-state index in [9.17, 15) is 4.79 Å². The van der Waals surface area contributed by atoms with Gasteiger partial charge in [-0.05, 0) is 19.1 Å². The summed E-state index contributed by atoms with van der Waals surface area (Å²) in [5, 5.41) is 8.52. The number of aliphatic carboxylic acids is 1. The first-order valence-corrected chi connectivity index (χ1v) is 3.64. The van der Waals surface area contributed by atoms with Gasteiger partial charge in [0.2, 0.25) is 0 Å². The van der Waals surface area contributed by atoms with Crippen LogP contribution in [0.15, 0.2) is 30.3 Å². The van der Waals surface area contributed by atoms with E-state index in [4.69, 9.17) is 9.84 Å². The second-order valence-corrected chi connectivity index (χ2v) is 2.41. The van der Waals surface area contributed by atoms with Crippen LogP contribution in [0.2, 0.25) is 0 Å². The zero-order chi connectivity index (χ0) is 8.97. The molecule has 1 aromatic carbocycles. The van der Waals surface area contributed by atoms with Crippen LogP contribution < -0.4 is 4.74 Å². The molecule has 0 heterocycles. The van der Waals surface area contributed by atoms with Gasteiger partial charge in [0.25, 0.3) is 0 Å². The van der Waals surface area contributed by atoms with E-state index in [0.717, 1.165) is 0 Å². The van der Waals surface area contributed by atoms with Crippen LogP contribution in [-0.2, 0) is 4.79 Å². The average molecular weight is 206 g/mol. The first-order valence-electron chi connectivity index (χ1n) is 3.64. The van der Waals surface area contributed by atoms with Crippen molar-refractivity contribution in [2.45, 2.75) is 13.0 Å². The molecule has 0 bridgehead atoms. The van der Waals surface area contributed by atoms with Crippen LogP contribution in [0, 0.1) is 0 Å². The van der Waals surface area contributed by atoms with E-state index in [2.05, 4.69) is 0 Å². The maximum atomic E-state index is 10.4. The summed E-state index contributed by atoms with van der Waals surface area (Å²) in [5.74, 6) is -0.383. The molecule has 0 aromatic heterocycles. The van der Waals surface area contributed by atoms with Gasteiger partial charge in [-0.15, -0.1) is 0 Å². The second-order valence-electron chi connectivity index (χ2n) is 2.41. The van der Waals surface area contributed by atoms with E-state index < -0.39 is 12.1 Å². The number of benzene rings is 1. The van der Waals surface area contributed by atoms with Crippen LogP contribution in [0.3, 0.4) is 0 Å². The van der Waals surface area contributed by atoms with E-state index in [1.54, 1.807) is 24.3 Å². The van der Waals surface area contributed by atoms with Crippen molar-refractivity contribution < 1.29 is 14.6 Å². The minimum absolute atomic E-state index is 0. The van der Waals surface area contributed by atoms with E-state index in [-0.39, 0.29) is 51.4 Å². The molecule has 0 saturated carbocycles. The Morgan fingerprint density at radius 3 is 2.38 bits per heavy atom. The summed E-state index contributed by atoms with van der Waals surface area (Å²) < 4.78 is 5.08. The number of para-hydroxylation sites is 1. The number of carboxylic acid groups (broad SMARTS) is 1. The Balaban J connectivity index is 0.00000144. The molecular weight excluding hydrogens is 195 g/mol. The Labute approximate surface area is 120 Å². The van der Waals surface area contributed by atoms with Crippen molar-refractivity contribution in [2.75, 3.05) is 0 Å². The molecule has 4 heteroatoms. The van der Waals surface area contributed by atoms with Crippen molar-refractivity contribution in [3.05, 3.63) is 30.3 Å². The van der Waals surface area contributed by atoms with Gasteiger partial charge in [0, 0.05) is 0 Å². The van der Waals surface area contributed by atoms with Gasteiger partial charge in [-0.3, -0.25) is 0 Å². The van der Waals surface area contributed by atoms with Crippen molar-refractivity contribution in [1.29, 1.82) is 0 Å². The van der Waals surface area contributed by atoms with Crippen LogP contribution in [-0.4, -0.2) is 68.6 Å². The zero-order valence-corrected chi connectivity index (χ0v) is 6.73. The molecule has 66 valence electrons. The third kappa shape index (κ3) is 4.78. The summed E-state index contributed by atoms with van der Waals surface area (Å²) in [6.07, 6.45) is -0.799. The molecule has 0 spiro atoms. The third-order valence-electron chi connectivity index (χ3n) is 1.40. The number of carboxylic acids is 1. The van der Waals surface area contributed by atoms with E-state index in [1.807, 2.05) is 6.07 Å². The molecule has 0 saturated heterocycles. The van der Waals surface area contributed by atoms with E-state index in [1.165, 1.54) is 6.92 Å². The van der Waals surface area contributed by atoms with Crippen LogP contribution in [0.25, 0.3) is 0 Å². The fourth-order valence-electron chi connectivity index (χ4n) is 0.754. The average Bonchev–Trinajstić information content (AvgIpc) is 2.06. The second kappa shape index (κ2) is 6.56. The topological polar surface area (TPSA) is 46.5 Å². The molecule has 13 heavy (non-hydrogen) atoms. The molecule has 1 unspecified atom stereocenters. The fourth-order valence-corrected chi connectivity index (χ4v) is 0.754. The Hall–Kier alpha value is 0.126. The molecule has 1 N–H and O–H groups in total. The van der Waals surface area contributed by atoms with Crippen molar-refractivity contribution in [1.82, 2.24) is 0 Å². The standard InChI is InChI=1S/C9H10O3.K.H/c1-7(9(10)11)12-8-5-3-2-4-6-8;;/h2-7H,1H3,(H,10,11);;. The van der Waals surface area contributed by atoms with Crippen molar-refractivity contribution in [3.8, 4) is 5.75 Å². The van der Waals surface area contributed by atoms with Crippen LogP contribution in [0.4, 0.5) is 0 Å².